The Balaban J connectivity index is 1.58. The molecule has 0 aliphatic rings. The zero-order valence-corrected chi connectivity index (χ0v) is 18.1. The highest BCUT2D eigenvalue weighted by atomic mass is 35.5. The van der Waals surface area contributed by atoms with Crippen molar-refractivity contribution in [3.05, 3.63) is 64.9 Å². The number of amides is 1. The summed E-state index contributed by atoms with van der Waals surface area (Å²) < 4.78 is 2.01. The number of benzene rings is 2. The summed E-state index contributed by atoms with van der Waals surface area (Å²) in [5.74, 6) is 1.05. The number of nitrogens with zero attached hydrogens (tertiary/aromatic N) is 3. The standard InChI is InChI=1S/C21H24ClN5OS/c1-3-15-7-5-6-8-18(15)24-20(28)14-29-21-26-25-19(27(21)4-2)13-23-17-11-9-16(22)10-12-17/h5-12,23H,3-4,13-14H2,1-2H3,(H,24,28). The van der Waals surface area contributed by atoms with E-state index in [2.05, 4.69) is 27.8 Å². The van der Waals surface area contributed by atoms with E-state index < -0.39 is 0 Å². The summed E-state index contributed by atoms with van der Waals surface area (Å²) in [4.78, 5) is 12.4. The van der Waals surface area contributed by atoms with Crippen LogP contribution in [0.5, 0.6) is 0 Å². The molecule has 2 N–H and O–H groups in total. The van der Waals surface area contributed by atoms with Gasteiger partial charge in [0.2, 0.25) is 5.91 Å². The van der Waals surface area contributed by atoms with Gasteiger partial charge < -0.3 is 15.2 Å². The first-order valence-electron chi connectivity index (χ1n) is 9.52. The van der Waals surface area contributed by atoms with Crippen LogP contribution in [0.15, 0.2) is 53.7 Å². The first-order valence-corrected chi connectivity index (χ1v) is 10.9. The zero-order chi connectivity index (χ0) is 20.6. The highest BCUT2D eigenvalue weighted by molar-refractivity contribution is 7.99. The molecular formula is C21H24ClN5OS. The molecule has 3 rings (SSSR count). The highest BCUT2D eigenvalue weighted by Crippen LogP contribution is 2.20. The van der Waals surface area contributed by atoms with Crippen molar-refractivity contribution < 1.29 is 4.79 Å². The summed E-state index contributed by atoms with van der Waals surface area (Å²) in [5.41, 5.74) is 2.95. The fourth-order valence-electron chi connectivity index (χ4n) is 2.89. The Hall–Kier alpha value is -2.51. The molecule has 1 amide bonds. The molecule has 2 aromatic carbocycles. The molecule has 1 aromatic heterocycles. The lowest BCUT2D eigenvalue weighted by Crippen LogP contribution is -2.16. The molecule has 6 nitrogen and oxygen atoms in total. The van der Waals surface area contributed by atoms with Crippen molar-refractivity contribution in [2.75, 3.05) is 16.4 Å². The monoisotopic (exact) mass is 429 g/mol. The van der Waals surface area contributed by atoms with Crippen LogP contribution in [0.3, 0.4) is 0 Å². The summed E-state index contributed by atoms with van der Waals surface area (Å²) >= 11 is 7.31. The minimum absolute atomic E-state index is 0.0533. The first-order chi connectivity index (χ1) is 14.1. The molecule has 0 aliphatic carbocycles. The minimum atomic E-state index is -0.0533. The molecule has 0 bridgehead atoms. The minimum Gasteiger partial charge on any atom is -0.378 e. The maximum atomic E-state index is 12.4. The number of thioether (sulfide) groups is 1. The van der Waals surface area contributed by atoms with Crippen LogP contribution in [0, 0.1) is 0 Å². The number of halogens is 1. The lowest BCUT2D eigenvalue weighted by Gasteiger charge is -2.10. The second-order valence-corrected chi connectivity index (χ2v) is 7.73. The average Bonchev–Trinajstić information content (AvgIpc) is 3.14. The number of rotatable bonds is 9. The number of anilines is 2. The van der Waals surface area contributed by atoms with E-state index in [4.69, 9.17) is 11.6 Å². The second kappa shape index (κ2) is 10.3. The highest BCUT2D eigenvalue weighted by Gasteiger charge is 2.14. The molecule has 8 heteroatoms. The van der Waals surface area contributed by atoms with Crippen LogP contribution < -0.4 is 10.6 Å². The Bertz CT molecular complexity index is 958. The number of hydrogen-bond acceptors (Lipinski definition) is 5. The van der Waals surface area contributed by atoms with E-state index in [1.165, 1.54) is 11.8 Å². The third-order valence-corrected chi connectivity index (χ3v) is 5.63. The number of aromatic nitrogens is 3. The largest absolute Gasteiger partial charge is 0.378 e. The van der Waals surface area contributed by atoms with E-state index in [9.17, 15) is 4.79 Å². The van der Waals surface area contributed by atoms with E-state index in [0.717, 1.165) is 40.9 Å². The van der Waals surface area contributed by atoms with Gasteiger partial charge in [-0.15, -0.1) is 10.2 Å². The Morgan fingerprint density at radius 2 is 1.86 bits per heavy atom. The van der Waals surface area contributed by atoms with Crippen molar-refractivity contribution in [2.24, 2.45) is 0 Å². The van der Waals surface area contributed by atoms with Gasteiger partial charge in [-0.25, -0.2) is 0 Å². The maximum Gasteiger partial charge on any atom is 0.234 e. The van der Waals surface area contributed by atoms with E-state index in [1.54, 1.807) is 0 Å². The Morgan fingerprint density at radius 1 is 1.10 bits per heavy atom. The van der Waals surface area contributed by atoms with Gasteiger partial charge in [0.05, 0.1) is 12.3 Å². The molecule has 0 unspecified atom stereocenters. The lowest BCUT2D eigenvalue weighted by atomic mass is 10.1. The fourth-order valence-corrected chi connectivity index (χ4v) is 3.84. The number of hydrogen-bond donors (Lipinski definition) is 2. The van der Waals surface area contributed by atoms with Crippen LogP contribution in [0.1, 0.15) is 25.2 Å². The third-order valence-electron chi connectivity index (χ3n) is 4.41. The molecule has 0 aliphatic heterocycles. The predicted molar refractivity (Wildman–Crippen MR) is 120 cm³/mol. The number of nitrogens with one attached hydrogen (secondary N) is 2. The topological polar surface area (TPSA) is 71.8 Å². The number of aryl methyl sites for hydroxylation is 1. The predicted octanol–water partition coefficient (Wildman–Crippen LogP) is 4.86. The first kappa shape index (κ1) is 21.2. The molecule has 152 valence electrons. The van der Waals surface area contributed by atoms with Gasteiger partial charge in [-0.1, -0.05) is 48.5 Å². The average molecular weight is 430 g/mol. The number of carbonyl (C=O) groups is 1. The molecule has 29 heavy (non-hydrogen) atoms. The van der Waals surface area contributed by atoms with Gasteiger partial charge in [0.1, 0.15) is 0 Å². The summed E-state index contributed by atoms with van der Waals surface area (Å²) in [5, 5.41) is 16.3. The maximum absolute atomic E-state index is 12.4. The smallest absolute Gasteiger partial charge is 0.234 e. The fraction of sp³-hybridized carbons (Fsp3) is 0.286. The molecular weight excluding hydrogens is 406 g/mol. The van der Waals surface area contributed by atoms with Crippen LogP contribution in [0.25, 0.3) is 0 Å². The molecule has 0 fully saturated rings. The van der Waals surface area contributed by atoms with Crippen molar-refractivity contribution in [1.29, 1.82) is 0 Å². The Morgan fingerprint density at radius 3 is 2.59 bits per heavy atom. The van der Waals surface area contributed by atoms with Crippen molar-refractivity contribution in [3.8, 4) is 0 Å². The van der Waals surface area contributed by atoms with E-state index in [0.29, 0.717) is 11.6 Å². The number of carbonyl (C=O) groups excluding carboxylic acids is 1. The molecule has 1 heterocycles. The van der Waals surface area contributed by atoms with Gasteiger partial charge in [0, 0.05) is 22.9 Å². The Kier molecular flexibility index (Phi) is 7.55. The van der Waals surface area contributed by atoms with Crippen LogP contribution in [-0.4, -0.2) is 26.4 Å². The van der Waals surface area contributed by atoms with E-state index in [1.807, 2.05) is 60.0 Å². The molecule has 0 atom stereocenters. The van der Waals surface area contributed by atoms with Gasteiger partial charge in [0.15, 0.2) is 11.0 Å². The molecule has 0 saturated carbocycles. The van der Waals surface area contributed by atoms with Gasteiger partial charge in [-0.05, 0) is 49.2 Å². The van der Waals surface area contributed by atoms with Gasteiger partial charge in [-0.2, -0.15) is 0 Å². The van der Waals surface area contributed by atoms with Crippen molar-refractivity contribution >= 4 is 40.6 Å². The van der Waals surface area contributed by atoms with Gasteiger partial charge >= 0.3 is 0 Å². The second-order valence-electron chi connectivity index (χ2n) is 6.35. The van der Waals surface area contributed by atoms with E-state index >= 15 is 0 Å². The normalized spacial score (nSPS) is 10.7. The summed E-state index contributed by atoms with van der Waals surface area (Å²) in [6, 6.07) is 15.4. The summed E-state index contributed by atoms with van der Waals surface area (Å²) in [6.45, 7) is 5.38. The lowest BCUT2D eigenvalue weighted by molar-refractivity contribution is -0.113. The molecule has 0 saturated heterocycles. The molecule has 0 radical (unpaired) electrons. The van der Waals surface area contributed by atoms with Crippen LogP contribution in [-0.2, 0) is 24.3 Å². The van der Waals surface area contributed by atoms with Crippen molar-refractivity contribution in [1.82, 2.24) is 14.8 Å². The molecule has 3 aromatic rings. The van der Waals surface area contributed by atoms with E-state index in [-0.39, 0.29) is 11.7 Å². The van der Waals surface area contributed by atoms with Crippen molar-refractivity contribution in [2.45, 2.75) is 38.5 Å². The van der Waals surface area contributed by atoms with Gasteiger partial charge in [-0.3, -0.25) is 4.79 Å². The number of para-hydroxylation sites is 1. The summed E-state index contributed by atoms with van der Waals surface area (Å²) in [7, 11) is 0. The molecule has 0 spiro atoms. The quantitative estimate of drug-likeness (QED) is 0.475. The Labute approximate surface area is 180 Å². The zero-order valence-electron chi connectivity index (χ0n) is 16.5. The van der Waals surface area contributed by atoms with Gasteiger partial charge in [0.25, 0.3) is 0 Å². The van der Waals surface area contributed by atoms with Crippen LogP contribution in [0.4, 0.5) is 11.4 Å². The summed E-state index contributed by atoms with van der Waals surface area (Å²) in [6.07, 6.45) is 0.873. The van der Waals surface area contributed by atoms with Crippen LogP contribution >= 0.6 is 23.4 Å². The van der Waals surface area contributed by atoms with Crippen molar-refractivity contribution in [3.63, 3.8) is 0 Å². The SMILES string of the molecule is CCc1ccccc1NC(=O)CSc1nnc(CNc2ccc(Cl)cc2)n1CC. The third kappa shape index (κ3) is 5.74. The van der Waals surface area contributed by atoms with Crippen LogP contribution in [0.2, 0.25) is 5.02 Å².